The molecule has 0 unspecified atom stereocenters. The van der Waals surface area contributed by atoms with Crippen molar-refractivity contribution in [3.63, 3.8) is 0 Å². The number of aliphatic hydroxyl groups is 1. The van der Waals surface area contributed by atoms with E-state index in [0.717, 1.165) is 24.4 Å². The summed E-state index contributed by atoms with van der Waals surface area (Å²) in [7, 11) is 0. The van der Waals surface area contributed by atoms with Gasteiger partial charge in [0.25, 0.3) is 0 Å². The lowest BCUT2D eigenvalue weighted by Crippen LogP contribution is -2.34. The molecular formula is C16H23N3O4. The van der Waals surface area contributed by atoms with Gasteiger partial charge in [-0.3, -0.25) is 9.59 Å². The van der Waals surface area contributed by atoms with Crippen LogP contribution in [0.15, 0.2) is 10.6 Å². The normalized spacial score (nSPS) is 24.7. The lowest BCUT2D eigenvalue weighted by atomic mass is 10.0. The Hall–Kier alpha value is -1.89. The summed E-state index contributed by atoms with van der Waals surface area (Å²) in [6.07, 6.45) is 1.84. The number of hydrogen-bond donors (Lipinski definition) is 1. The molecule has 7 heteroatoms. The molecule has 1 aromatic rings. The van der Waals surface area contributed by atoms with Crippen LogP contribution in [0.1, 0.15) is 30.7 Å². The Morgan fingerprint density at radius 2 is 2.30 bits per heavy atom. The van der Waals surface area contributed by atoms with Crippen molar-refractivity contribution in [1.29, 1.82) is 0 Å². The van der Waals surface area contributed by atoms with E-state index in [1.54, 1.807) is 9.80 Å². The van der Waals surface area contributed by atoms with Crippen LogP contribution in [0.5, 0.6) is 0 Å². The van der Waals surface area contributed by atoms with E-state index in [1.807, 2.05) is 13.0 Å². The number of carbonyl (C=O) groups excluding carboxylic acids is 2. The fourth-order valence-electron chi connectivity index (χ4n) is 3.36. The van der Waals surface area contributed by atoms with E-state index in [9.17, 15) is 14.7 Å². The van der Waals surface area contributed by atoms with E-state index in [1.165, 1.54) is 0 Å². The number of β-amino-alcohol motifs (C(OH)–C–C–N with tert-alkyl or cyclic N) is 1. The molecule has 2 fully saturated rings. The second-order valence-corrected chi connectivity index (χ2v) is 6.50. The van der Waals surface area contributed by atoms with Gasteiger partial charge in [-0.2, -0.15) is 0 Å². The van der Waals surface area contributed by atoms with E-state index >= 15 is 0 Å². The van der Waals surface area contributed by atoms with Crippen molar-refractivity contribution >= 4 is 11.8 Å². The molecule has 0 bridgehead atoms. The van der Waals surface area contributed by atoms with Gasteiger partial charge in [0.15, 0.2) is 0 Å². The summed E-state index contributed by atoms with van der Waals surface area (Å²) < 4.78 is 5.19. The van der Waals surface area contributed by atoms with Gasteiger partial charge in [-0.05, 0) is 13.3 Å². The molecule has 0 spiro atoms. The molecule has 0 aliphatic carbocycles. The van der Waals surface area contributed by atoms with Gasteiger partial charge in [-0.15, -0.1) is 0 Å². The molecule has 3 rings (SSSR count). The van der Waals surface area contributed by atoms with Crippen molar-refractivity contribution in [2.24, 2.45) is 5.92 Å². The molecule has 0 aromatic carbocycles. The molecule has 1 N–H and O–H groups in total. The summed E-state index contributed by atoms with van der Waals surface area (Å²) in [6.45, 7) is 3.96. The van der Waals surface area contributed by atoms with Gasteiger partial charge in [0.2, 0.25) is 11.8 Å². The van der Waals surface area contributed by atoms with Crippen molar-refractivity contribution < 1.29 is 19.2 Å². The predicted molar refractivity (Wildman–Crippen MR) is 81.5 cm³/mol. The van der Waals surface area contributed by atoms with Crippen molar-refractivity contribution in [2.45, 2.75) is 38.7 Å². The molecule has 126 valence electrons. The second-order valence-electron chi connectivity index (χ2n) is 6.50. The van der Waals surface area contributed by atoms with Gasteiger partial charge in [0.05, 0.1) is 11.8 Å². The Kier molecular flexibility index (Phi) is 4.66. The van der Waals surface area contributed by atoms with Crippen LogP contribution in [0.3, 0.4) is 0 Å². The number of hydrogen-bond acceptors (Lipinski definition) is 5. The van der Waals surface area contributed by atoms with E-state index < -0.39 is 6.10 Å². The monoisotopic (exact) mass is 321 g/mol. The number of likely N-dealkylation sites (tertiary alicyclic amines) is 2. The maximum Gasteiger partial charge on any atom is 0.224 e. The average Bonchev–Trinajstić information content (AvgIpc) is 3.20. The van der Waals surface area contributed by atoms with Gasteiger partial charge in [0, 0.05) is 57.4 Å². The zero-order valence-electron chi connectivity index (χ0n) is 13.4. The van der Waals surface area contributed by atoms with E-state index in [4.69, 9.17) is 4.52 Å². The molecule has 2 atom stereocenters. The van der Waals surface area contributed by atoms with E-state index in [2.05, 4.69) is 5.16 Å². The zero-order chi connectivity index (χ0) is 16.4. The third-order valence-electron chi connectivity index (χ3n) is 4.67. The van der Waals surface area contributed by atoms with Gasteiger partial charge < -0.3 is 19.4 Å². The highest BCUT2D eigenvalue weighted by atomic mass is 16.5. The number of nitrogens with zero attached hydrogens (tertiary/aromatic N) is 3. The fourth-order valence-corrected chi connectivity index (χ4v) is 3.36. The molecule has 2 aliphatic rings. The van der Waals surface area contributed by atoms with Crippen LogP contribution < -0.4 is 0 Å². The first kappa shape index (κ1) is 16.0. The van der Waals surface area contributed by atoms with Crippen LogP contribution in [0, 0.1) is 12.8 Å². The number of rotatable bonds is 5. The Morgan fingerprint density at radius 1 is 1.48 bits per heavy atom. The highest BCUT2D eigenvalue weighted by Gasteiger charge is 2.35. The number of carbonyl (C=O) groups is 2. The van der Waals surface area contributed by atoms with Crippen molar-refractivity contribution in [3.8, 4) is 0 Å². The number of aliphatic hydroxyl groups excluding tert-OH is 1. The lowest BCUT2D eigenvalue weighted by molar-refractivity contribution is -0.132. The lowest BCUT2D eigenvalue weighted by Gasteiger charge is -2.19. The minimum absolute atomic E-state index is 0.000000420. The maximum absolute atomic E-state index is 12.3. The smallest absolute Gasteiger partial charge is 0.224 e. The summed E-state index contributed by atoms with van der Waals surface area (Å²) >= 11 is 0. The van der Waals surface area contributed by atoms with Crippen molar-refractivity contribution in [2.75, 3.05) is 26.2 Å². The minimum Gasteiger partial charge on any atom is -0.391 e. The van der Waals surface area contributed by atoms with Crippen LogP contribution in [0.4, 0.5) is 0 Å². The summed E-state index contributed by atoms with van der Waals surface area (Å²) in [5, 5.41) is 14.0. The third-order valence-corrected chi connectivity index (χ3v) is 4.67. The Labute approximate surface area is 135 Å². The largest absolute Gasteiger partial charge is 0.391 e. The van der Waals surface area contributed by atoms with E-state index in [-0.39, 0.29) is 17.7 Å². The first-order chi connectivity index (χ1) is 11.0. The summed E-state index contributed by atoms with van der Waals surface area (Å²) in [5.74, 6) is 0.848. The predicted octanol–water partition coefficient (Wildman–Crippen LogP) is 0.357. The molecule has 7 nitrogen and oxygen atoms in total. The molecular weight excluding hydrogens is 298 g/mol. The molecule has 2 aliphatic heterocycles. The van der Waals surface area contributed by atoms with Crippen molar-refractivity contribution in [1.82, 2.24) is 15.0 Å². The average molecular weight is 321 g/mol. The quantitative estimate of drug-likeness (QED) is 0.846. The summed E-state index contributed by atoms with van der Waals surface area (Å²) in [4.78, 5) is 27.3. The molecule has 0 saturated carbocycles. The molecule has 2 saturated heterocycles. The van der Waals surface area contributed by atoms with Crippen LogP contribution in [-0.2, 0) is 16.0 Å². The minimum atomic E-state index is -0.544. The topological polar surface area (TPSA) is 86.9 Å². The van der Waals surface area contributed by atoms with Crippen LogP contribution >= 0.6 is 0 Å². The number of amides is 2. The van der Waals surface area contributed by atoms with E-state index in [0.29, 0.717) is 38.9 Å². The standard InChI is InChI=1S/C16H23N3O4/c1-11-7-13(23-17-11)8-12-9-19(10-14(12)20)16(22)4-6-18-5-2-3-15(18)21/h7,12,14,20H,2-6,8-10H2,1H3/t12-,14+/m1/s1. The second kappa shape index (κ2) is 6.70. The fraction of sp³-hybridized carbons (Fsp3) is 0.688. The third kappa shape index (κ3) is 3.72. The van der Waals surface area contributed by atoms with Crippen LogP contribution in [0.2, 0.25) is 0 Å². The van der Waals surface area contributed by atoms with Crippen LogP contribution in [0.25, 0.3) is 0 Å². The highest BCUT2D eigenvalue weighted by Crippen LogP contribution is 2.23. The van der Waals surface area contributed by atoms with Gasteiger partial charge in [-0.25, -0.2) is 0 Å². The Bertz CT molecular complexity index is 586. The van der Waals surface area contributed by atoms with Crippen molar-refractivity contribution in [3.05, 3.63) is 17.5 Å². The SMILES string of the molecule is Cc1cc(C[C@@H]2CN(C(=O)CCN3CCCC3=O)C[C@@H]2O)on1. The van der Waals surface area contributed by atoms with Gasteiger partial charge in [0.1, 0.15) is 5.76 Å². The molecule has 23 heavy (non-hydrogen) atoms. The first-order valence-electron chi connectivity index (χ1n) is 8.18. The molecule has 3 heterocycles. The highest BCUT2D eigenvalue weighted by molar-refractivity contribution is 5.80. The number of aryl methyl sites for hydroxylation is 1. The van der Waals surface area contributed by atoms with Crippen LogP contribution in [-0.4, -0.2) is 64.2 Å². The zero-order valence-corrected chi connectivity index (χ0v) is 13.4. The summed E-state index contributed by atoms with van der Waals surface area (Å²) in [6, 6.07) is 1.86. The Morgan fingerprint density at radius 3 is 2.96 bits per heavy atom. The van der Waals surface area contributed by atoms with Gasteiger partial charge >= 0.3 is 0 Å². The summed E-state index contributed by atoms with van der Waals surface area (Å²) in [5.41, 5.74) is 0.815. The Balaban J connectivity index is 1.49. The maximum atomic E-state index is 12.3. The number of aromatic nitrogens is 1. The molecule has 0 radical (unpaired) electrons. The molecule has 2 amide bonds. The first-order valence-corrected chi connectivity index (χ1v) is 8.18. The van der Waals surface area contributed by atoms with Gasteiger partial charge in [-0.1, -0.05) is 5.16 Å². The molecule has 1 aromatic heterocycles.